The Morgan fingerprint density at radius 1 is 0.447 bits per heavy atom. The van der Waals surface area contributed by atoms with Crippen molar-refractivity contribution in [2.75, 3.05) is 8.86 Å². The average molecular weight is 778 g/mol. The van der Waals surface area contributed by atoms with Gasteiger partial charge in [0, 0.05) is 0 Å². The van der Waals surface area contributed by atoms with Gasteiger partial charge in [0.15, 0.2) is 0 Å². The number of hydrogen-bond acceptors (Lipinski definition) is 0. The molecule has 1 aromatic rings. The van der Waals surface area contributed by atoms with Crippen molar-refractivity contribution in [2.24, 2.45) is 0 Å². The molecule has 1 aromatic carbocycles. The van der Waals surface area contributed by atoms with Crippen molar-refractivity contribution < 1.29 is 16.9 Å². The molecular formula is C30H55F6ISb-. The summed E-state index contributed by atoms with van der Waals surface area (Å²) in [6.07, 6.45) is 29.2. The van der Waals surface area contributed by atoms with Crippen LogP contribution >= 0.6 is 19.8 Å². The first-order valence-corrected chi connectivity index (χ1v) is 25.0. The van der Waals surface area contributed by atoms with Crippen molar-refractivity contribution in [3.63, 3.8) is 0 Å². The van der Waals surface area contributed by atoms with Gasteiger partial charge in [-0.3, -0.25) is 0 Å². The Hall–Kier alpha value is 0.348. The number of rotatable bonds is 23. The van der Waals surface area contributed by atoms with Gasteiger partial charge in [-0.2, -0.15) is 0 Å². The van der Waals surface area contributed by atoms with E-state index in [0.717, 1.165) is 0 Å². The Morgan fingerprint density at radius 2 is 0.711 bits per heavy atom. The van der Waals surface area contributed by atoms with Crippen LogP contribution in [0.4, 0.5) is 16.9 Å². The Balaban J connectivity index is 0.00000171. The van der Waals surface area contributed by atoms with Gasteiger partial charge in [0.25, 0.3) is 0 Å². The van der Waals surface area contributed by atoms with Gasteiger partial charge >= 0.3 is 241 Å². The minimum atomic E-state index is -11.2. The number of benzene rings is 1. The molecule has 0 bridgehead atoms. The molecule has 0 radical (unpaired) electrons. The summed E-state index contributed by atoms with van der Waals surface area (Å²) in [5.74, 6) is 0. The van der Waals surface area contributed by atoms with Gasteiger partial charge in [-0.15, -0.1) is 0 Å². The summed E-state index contributed by atoms with van der Waals surface area (Å²) in [5.41, 5.74) is 0. The van der Waals surface area contributed by atoms with Gasteiger partial charge in [0.05, 0.1) is 0 Å². The third kappa shape index (κ3) is 34.4. The molecule has 38 heavy (non-hydrogen) atoms. The molecule has 0 fully saturated rings. The Labute approximate surface area is 239 Å². The predicted octanol–water partition coefficient (Wildman–Crippen LogP) is 13.3. The molecule has 0 nitrogen and oxygen atoms in total. The first kappa shape index (κ1) is 38.3. The summed E-state index contributed by atoms with van der Waals surface area (Å²) in [4.78, 5) is 0. The number of unbranched alkanes of at least 4 members (excludes halogenated alkanes) is 18. The maximum atomic E-state index is 9.93. The molecule has 1 rings (SSSR count). The van der Waals surface area contributed by atoms with Crippen LogP contribution in [0.5, 0.6) is 0 Å². The zero-order valence-corrected chi connectivity index (χ0v) is 28.7. The summed E-state index contributed by atoms with van der Waals surface area (Å²) < 4.78 is 64.4. The van der Waals surface area contributed by atoms with Gasteiger partial charge in [-0.25, -0.2) is 0 Å². The maximum absolute atomic E-state index is 11.2. The summed E-state index contributed by atoms with van der Waals surface area (Å²) in [7, 11) is 0. The summed E-state index contributed by atoms with van der Waals surface area (Å²) >= 11 is -12.2. The standard InChI is InChI=1S/C30H55I.6FH.Sb/c1-3-5-7-9-11-13-15-17-19-24-28-31(30-26-22-21-23-27-30)29-25-20-18-16-14-12-10-8-6-4-2;;;;;;;/h21-23,26-27H,3-20,24-25,28-29H2,1-2H3;6*1H;/q;;;;;;;+5/p-6. The predicted molar refractivity (Wildman–Crippen MR) is 165 cm³/mol. The molecule has 0 aliphatic carbocycles. The summed E-state index contributed by atoms with van der Waals surface area (Å²) in [6, 6.07) is 11.6. The third-order valence-electron chi connectivity index (χ3n) is 6.47. The van der Waals surface area contributed by atoms with E-state index in [1.54, 1.807) is 12.4 Å². The molecule has 0 aromatic heterocycles. The molecule has 0 atom stereocenters. The van der Waals surface area contributed by atoms with Crippen LogP contribution in [0.25, 0.3) is 0 Å². The SMILES string of the molecule is CCCCCCCCCCCCI(CCCCCCCCCCCC)c1ccccc1.[F][Sb-]([F])([F])([F])([F])[F]. The van der Waals surface area contributed by atoms with Crippen molar-refractivity contribution in [3.05, 3.63) is 33.9 Å². The molecule has 0 unspecified atom stereocenters. The normalized spacial score (nSPS) is 13.8. The van der Waals surface area contributed by atoms with Crippen molar-refractivity contribution in [3.8, 4) is 0 Å². The molecule has 8 heteroatoms. The molecule has 0 heterocycles. The van der Waals surface area contributed by atoms with E-state index in [1.807, 2.05) is 0 Å². The van der Waals surface area contributed by atoms with Crippen LogP contribution in [0.3, 0.4) is 0 Å². The molecule has 0 N–H and O–H groups in total. The average Bonchev–Trinajstić information content (AvgIpc) is 2.83. The molecule has 0 spiro atoms. The molecule has 0 saturated heterocycles. The fourth-order valence-electron chi connectivity index (χ4n) is 4.39. The minimum absolute atomic E-state index is 0.946. The fraction of sp³-hybridized carbons (Fsp3) is 0.800. The zero-order chi connectivity index (χ0) is 28.7. The second-order valence-electron chi connectivity index (χ2n) is 10.5. The molecule has 0 aliphatic heterocycles. The summed E-state index contributed by atoms with van der Waals surface area (Å²) in [6.45, 7) is 4.62. The second-order valence-corrected chi connectivity index (χ2v) is 21.9. The van der Waals surface area contributed by atoms with Crippen molar-refractivity contribution in [1.82, 2.24) is 0 Å². The van der Waals surface area contributed by atoms with E-state index in [0.29, 0.717) is 0 Å². The first-order valence-electron chi connectivity index (χ1n) is 15.1. The van der Waals surface area contributed by atoms with Gasteiger partial charge in [0.1, 0.15) is 0 Å². The van der Waals surface area contributed by atoms with Crippen LogP contribution in [0.2, 0.25) is 0 Å². The Bertz CT molecular complexity index is 616. The van der Waals surface area contributed by atoms with E-state index in [4.69, 9.17) is 0 Å². The molecular weight excluding hydrogens is 723 g/mol. The van der Waals surface area contributed by atoms with E-state index >= 15 is 0 Å². The van der Waals surface area contributed by atoms with Crippen LogP contribution in [-0.4, -0.2) is 28.3 Å². The van der Waals surface area contributed by atoms with E-state index in [2.05, 4.69) is 44.2 Å². The van der Waals surface area contributed by atoms with Crippen molar-refractivity contribution in [2.45, 2.75) is 142 Å². The Kier molecular flexibility index (Phi) is 21.3. The molecule has 0 amide bonds. The van der Waals surface area contributed by atoms with Crippen LogP contribution in [0, 0.1) is 3.57 Å². The molecule has 0 saturated carbocycles. The molecule has 230 valence electrons. The van der Waals surface area contributed by atoms with Crippen molar-refractivity contribution in [1.29, 1.82) is 0 Å². The number of halogens is 7. The summed E-state index contributed by atoms with van der Waals surface area (Å²) in [5, 5.41) is 0. The van der Waals surface area contributed by atoms with E-state index in [-0.39, 0.29) is 0 Å². The van der Waals surface area contributed by atoms with Crippen LogP contribution in [-0.2, 0) is 0 Å². The van der Waals surface area contributed by atoms with Crippen LogP contribution in [0.1, 0.15) is 142 Å². The number of hydrogen-bond donors (Lipinski definition) is 0. The van der Waals surface area contributed by atoms with Gasteiger partial charge in [-0.1, -0.05) is 0 Å². The quantitative estimate of drug-likeness (QED) is 0.0341. The Morgan fingerprint density at radius 3 is 1.00 bits per heavy atom. The van der Waals surface area contributed by atoms with Crippen LogP contribution in [0.15, 0.2) is 30.3 Å². The van der Waals surface area contributed by atoms with E-state index in [1.165, 1.54) is 128 Å². The van der Waals surface area contributed by atoms with Gasteiger partial charge in [-0.05, 0) is 0 Å². The van der Waals surface area contributed by atoms with Gasteiger partial charge < -0.3 is 0 Å². The zero-order valence-electron chi connectivity index (χ0n) is 24.0. The third-order valence-corrected chi connectivity index (χ3v) is 13.1. The number of alkyl halides is 2. The van der Waals surface area contributed by atoms with Crippen molar-refractivity contribution >= 4 is 39.3 Å². The molecule has 0 aliphatic rings. The van der Waals surface area contributed by atoms with E-state index in [9.17, 15) is 16.9 Å². The first-order chi connectivity index (χ1) is 17.8. The second kappa shape index (κ2) is 21.1. The monoisotopic (exact) mass is 777 g/mol. The fourth-order valence-corrected chi connectivity index (χ4v) is 10.5. The topological polar surface area (TPSA) is 0 Å². The van der Waals surface area contributed by atoms with Gasteiger partial charge in [0.2, 0.25) is 0 Å². The van der Waals surface area contributed by atoms with E-state index < -0.39 is 39.3 Å². The van der Waals surface area contributed by atoms with Crippen LogP contribution < -0.4 is 0 Å².